The Morgan fingerprint density at radius 2 is 2.06 bits per heavy atom. The molecule has 0 saturated heterocycles. The number of carboxylic acid groups (broad SMARTS) is 1. The Balaban J connectivity index is 0.000000357. The summed E-state index contributed by atoms with van der Waals surface area (Å²) in [5.41, 5.74) is 1.67. The summed E-state index contributed by atoms with van der Waals surface area (Å²) in [6.45, 7) is 4.55. The maximum absolute atomic E-state index is 10.9. The minimum Gasteiger partial charge on any atom is -0.477 e. The zero-order valence-corrected chi connectivity index (χ0v) is 11.5. The fraction of sp³-hybridized carbons (Fsp3) is 0.308. The molecule has 2 N–H and O–H groups in total. The van der Waals surface area contributed by atoms with Gasteiger partial charge in [0.05, 0.1) is 5.69 Å². The molecule has 0 amide bonds. The molecule has 18 heavy (non-hydrogen) atoms. The fourth-order valence-corrected chi connectivity index (χ4v) is 2.20. The molecule has 0 aliphatic carbocycles. The minimum absolute atomic E-state index is 0.365. The first-order valence-corrected chi connectivity index (χ1v) is 6.38. The Kier molecular flexibility index (Phi) is 5.74. The normalized spacial score (nSPS) is 13.1. The molecule has 1 aliphatic rings. The van der Waals surface area contributed by atoms with Gasteiger partial charge in [-0.25, -0.2) is 4.79 Å². The molecule has 0 aromatic heterocycles. The lowest BCUT2D eigenvalue weighted by Crippen LogP contribution is -2.10. The Hall–Kier alpha value is -1.46. The molecule has 0 atom stereocenters. The second kappa shape index (κ2) is 7.08. The van der Waals surface area contributed by atoms with Gasteiger partial charge in [0, 0.05) is 24.3 Å². The van der Waals surface area contributed by atoms with E-state index in [0.29, 0.717) is 10.6 Å². The van der Waals surface area contributed by atoms with Gasteiger partial charge in [-0.2, -0.15) is 0 Å². The number of nitrogens with one attached hydrogen (secondary N) is 1. The number of anilines is 1. The summed E-state index contributed by atoms with van der Waals surface area (Å²) < 4.78 is 4.54. The van der Waals surface area contributed by atoms with Crippen LogP contribution in [0.25, 0.3) is 0 Å². The Labute approximate surface area is 111 Å². The molecular weight excluding hydrogens is 250 g/mol. The largest absolute Gasteiger partial charge is 0.477 e. The number of ether oxygens (including phenoxy) is 1. The highest BCUT2D eigenvalue weighted by Gasteiger charge is 2.20. The van der Waals surface area contributed by atoms with E-state index in [1.807, 2.05) is 31.2 Å². The van der Waals surface area contributed by atoms with Crippen LogP contribution in [0.15, 0.2) is 39.8 Å². The van der Waals surface area contributed by atoms with Crippen molar-refractivity contribution in [1.29, 1.82) is 0 Å². The first-order valence-electron chi connectivity index (χ1n) is 5.57. The number of carbonyl (C=O) groups is 1. The maximum Gasteiger partial charge on any atom is 0.344 e. The molecule has 1 aromatic carbocycles. The molecule has 2 rings (SSSR count). The lowest BCUT2D eigenvalue weighted by molar-refractivity contribution is -0.131. The second-order valence-corrected chi connectivity index (χ2v) is 4.61. The van der Waals surface area contributed by atoms with Crippen molar-refractivity contribution in [1.82, 2.24) is 0 Å². The van der Waals surface area contributed by atoms with Crippen LogP contribution < -0.4 is 5.32 Å². The maximum atomic E-state index is 10.9. The highest BCUT2D eigenvalue weighted by molar-refractivity contribution is 8.04. The number of methoxy groups -OCH3 is 1. The third kappa shape index (κ3) is 3.78. The van der Waals surface area contributed by atoms with Gasteiger partial charge in [0.2, 0.25) is 0 Å². The number of rotatable bonds is 2. The standard InChI is InChI=1S/C10H9NO2S.C3H8O/c1-6-9(10(12)13)14-8-5-3-2-4-7(8)11-6;1-3-4-2/h2-5,11H,1H3,(H,12,13);3H2,1-2H3. The van der Waals surface area contributed by atoms with Crippen molar-refractivity contribution in [3.63, 3.8) is 0 Å². The number of benzene rings is 1. The SMILES string of the molecule is CC1=C(C(=O)O)Sc2ccccc2N1.CCOC. The van der Waals surface area contributed by atoms with E-state index >= 15 is 0 Å². The number of hydrogen-bond acceptors (Lipinski definition) is 4. The molecule has 1 heterocycles. The number of aliphatic carboxylic acids is 1. The van der Waals surface area contributed by atoms with E-state index in [4.69, 9.17) is 5.11 Å². The predicted octanol–water partition coefficient (Wildman–Crippen LogP) is 3.17. The Bertz CT molecular complexity index is 455. The summed E-state index contributed by atoms with van der Waals surface area (Å²) >= 11 is 1.29. The molecule has 0 spiro atoms. The number of allylic oxidation sites excluding steroid dienone is 1. The van der Waals surface area contributed by atoms with E-state index in [1.165, 1.54) is 11.8 Å². The molecule has 5 heteroatoms. The van der Waals surface area contributed by atoms with Crippen LogP contribution in [0.2, 0.25) is 0 Å². The third-order valence-electron chi connectivity index (χ3n) is 2.24. The molecule has 0 radical (unpaired) electrons. The highest BCUT2D eigenvalue weighted by atomic mass is 32.2. The van der Waals surface area contributed by atoms with Crippen LogP contribution in [-0.4, -0.2) is 24.8 Å². The van der Waals surface area contributed by atoms with E-state index in [2.05, 4.69) is 10.1 Å². The van der Waals surface area contributed by atoms with Gasteiger partial charge in [-0.05, 0) is 26.0 Å². The van der Waals surface area contributed by atoms with Gasteiger partial charge in [-0.1, -0.05) is 23.9 Å². The zero-order valence-electron chi connectivity index (χ0n) is 10.7. The van der Waals surface area contributed by atoms with Crippen LogP contribution in [0, 0.1) is 0 Å². The van der Waals surface area contributed by atoms with Gasteiger partial charge in [0.1, 0.15) is 4.91 Å². The van der Waals surface area contributed by atoms with Crippen LogP contribution in [0.5, 0.6) is 0 Å². The highest BCUT2D eigenvalue weighted by Crippen LogP contribution is 2.39. The smallest absolute Gasteiger partial charge is 0.344 e. The second-order valence-electron chi connectivity index (χ2n) is 3.56. The van der Waals surface area contributed by atoms with Crippen molar-refractivity contribution in [3.05, 3.63) is 34.9 Å². The molecule has 1 aliphatic heterocycles. The number of para-hydroxylation sites is 1. The fourth-order valence-electron chi connectivity index (χ4n) is 1.31. The number of thioether (sulfide) groups is 1. The summed E-state index contributed by atoms with van der Waals surface area (Å²) in [7, 11) is 1.68. The van der Waals surface area contributed by atoms with Crippen molar-refractivity contribution >= 4 is 23.4 Å². The van der Waals surface area contributed by atoms with E-state index < -0.39 is 5.97 Å². The monoisotopic (exact) mass is 267 g/mol. The molecule has 0 bridgehead atoms. The van der Waals surface area contributed by atoms with Crippen molar-refractivity contribution in [2.24, 2.45) is 0 Å². The average molecular weight is 267 g/mol. The summed E-state index contributed by atoms with van der Waals surface area (Å²) in [5.74, 6) is -0.880. The first kappa shape index (κ1) is 14.6. The van der Waals surface area contributed by atoms with Crippen LogP contribution >= 0.6 is 11.8 Å². The Morgan fingerprint density at radius 1 is 1.44 bits per heavy atom. The first-order chi connectivity index (χ1) is 8.60. The number of hydrogen-bond donors (Lipinski definition) is 2. The lowest BCUT2D eigenvalue weighted by atomic mass is 10.3. The van der Waals surface area contributed by atoms with Crippen LogP contribution in [0.1, 0.15) is 13.8 Å². The molecular formula is C13H17NO3S. The van der Waals surface area contributed by atoms with E-state index in [1.54, 1.807) is 14.0 Å². The van der Waals surface area contributed by atoms with Crippen molar-refractivity contribution in [2.75, 3.05) is 19.0 Å². The molecule has 0 fully saturated rings. The molecule has 0 unspecified atom stereocenters. The molecule has 1 aromatic rings. The zero-order chi connectivity index (χ0) is 13.5. The van der Waals surface area contributed by atoms with E-state index in [0.717, 1.165) is 17.2 Å². The average Bonchev–Trinajstić information content (AvgIpc) is 2.38. The van der Waals surface area contributed by atoms with Gasteiger partial charge in [0.15, 0.2) is 0 Å². The molecule has 4 nitrogen and oxygen atoms in total. The summed E-state index contributed by atoms with van der Waals surface area (Å²) in [4.78, 5) is 12.2. The minimum atomic E-state index is -0.880. The van der Waals surface area contributed by atoms with Gasteiger partial charge in [-0.3, -0.25) is 0 Å². The summed E-state index contributed by atoms with van der Waals surface area (Å²) in [5, 5.41) is 12.0. The third-order valence-corrected chi connectivity index (χ3v) is 3.51. The van der Waals surface area contributed by atoms with Gasteiger partial charge >= 0.3 is 5.97 Å². The van der Waals surface area contributed by atoms with Crippen molar-refractivity contribution in [3.8, 4) is 0 Å². The van der Waals surface area contributed by atoms with E-state index in [9.17, 15) is 4.79 Å². The Morgan fingerprint density at radius 3 is 2.61 bits per heavy atom. The lowest BCUT2D eigenvalue weighted by Gasteiger charge is -2.19. The summed E-state index contributed by atoms with van der Waals surface area (Å²) in [6.07, 6.45) is 0. The van der Waals surface area contributed by atoms with E-state index in [-0.39, 0.29) is 0 Å². The van der Waals surface area contributed by atoms with Gasteiger partial charge in [-0.15, -0.1) is 0 Å². The summed E-state index contributed by atoms with van der Waals surface area (Å²) in [6, 6.07) is 7.66. The topological polar surface area (TPSA) is 58.6 Å². The quantitative estimate of drug-likeness (QED) is 0.862. The van der Waals surface area contributed by atoms with Crippen molar-refractivity contribution in [2.45, 2.75) is 18.7 Å². The number of fused-ring (bicyclic) bond motifs is 1. The number of carboxylic acids is 1. The van der Waals surface area contributed by atoms with Gasteiger partial charge in [0.25, 0.3) is 0 Å². The van der Waals surface area contributed by atoms with Crippen LogP contribution in [0.3, 0.4) is 0 Å². The van der Waals surface area contributed by atoms with Crippen LogP contribution in [-0.2, 0) is 9.53 Å². The van der Waals surface area contributed by atoms with Gasteiger partial charge < -0.3 is 15.2 Å². The molecule has 98 valence electrons. The van der Waals surface area contributed by atoms with Crippen molar-refractivity contribution < 1.29 is 14.6 Å². The predicted molar refractivity (Wildman–Crippen MR) is 73.8 cm³/mol. The van der Waals surface area contributed by atoms with Crippen LogP contribution in [0.4, 0.5) is 5.69 Å². The molecule has 0 saturated carbocycles.